The van der Waals surface area contributed by atoms with E-state index < -0.39 is 14.6 Å². The molecule has 8 heteroatoms. The second-order valence-corrected chi connectivity index (χ2v) is 9.21. The second kappa shape index (κ2) is 12.9. The predicted octanol–water partition coefficient (Wildman–Crippen LogP) is 2.84. The van der Waals surface area contributed by atoms with E-state index in [1.807, 2.05) is 20.0 Å². The number of hydrogen-bond acceptors (Lipinski definition) is 4. The molecule has 1 heterocycles. The molecule has 154 valence electrons. The number of aliphatic imine (C=N–C) groups is 1. The lowest BCUT2D eigenvalue weighted by Gasteiger charge is -2.34. The number of allylic oxidation sites excluding steroid dienone is 1. The van der Waals surface area contributed by atoms with Crippen molar-refractivity contribution in [3.05, 3.63) is 12.7 Å². The van der Waals surface area contributed by atoms with Gasteiger partial charge in [-0.25, -0.2) is 8.42 Å². The Morgan fingerprint density at radius 1 is 1.31 bits per heavy atom. The molecule has 6 nitrogen and oxygen atoms in total. The summed E-state index contributed by atoms with van der Waals surface area (Å²) in [4.78, 5) is 6.76. The van der Waals surface area contributed by atoms with Crippen molar-refractivity contribution in [1.82, 2.24) is 10.2 Å². The molecule has 0 saturated carbocycles. The topological polar surface area (TPSA) is 71.0 Å². The summed E-state index contributed by atoms with van der Waals surface area (Å²) < 4.78 is 29.3. The maximum atomic E-state index is 12.4. The first-order valence-electron chi connectivity index (χ1n) is 9.24. The fourth-order valence-electron chi connectivity index (χ4n) is 3.00. The van der Waals surface area contributed by atoms with Gasteiger partial charge in [0.25, 0.3) is 0 Å². The lowest BCUT2D eigenvalue weighted by atomic mass is 9.99. The number of nitrogens with zero attached hydrogens (tertiary/aromatic N) is 2. The van der Waals surface area contributed by atoms with Crippen LogP contribution in [0.4, 0.5) is 0 Å². The minimum absolute atomic E-state index is 0. The van der Waals surface area contributed by atoms with Crippen molar-refractivity contribution in [1.29, 1.82) is 0 Å². The first-order chi connectivity index (χ1) is 11.9. The van der Waals surface area contributed by atoms with Gasteiger partial charge in [0.15, 0.2) is 15.8 Å². The van der Waals surface area contributed by atoms with Gasteiger partial charge in [0.05, 0.1) is 11.3 Å². The van der Waals surface area contributed by atoms with Crippen LogP contribution in [0.5, 0.6) is 0 Å². The number of sulfone groups is 1. The molecule has 1 rings (SSSR count). The molecule has 0 spiro atoms. The minimum Gasteiger partial charge on any atom is -0.381 e. The highest BCUT2D eigenvalue weighted by Gasteiger charge is 2.42. The third-order valence-corrected chi connectivity index (χ3v) is 6.92. The van der Waals surface area contributed by atoms with E-state index in [1.54, 1.807) is 0 Å². The smallest absolute Gasteiger partial charge is 0.193 e. The first kappa shape index (κ1) is 25.6. The van der Waals surface area contributed by atoms with E-state index in [0.717, 1.165) is 44.7 Å². The standard InChI is InChI=1S/C18H35N3O3S.HI/c1-5-7-8-9-10-13-21(3)17(19-6-2)20-16-18(25(4,22)23)11-14-24-15-12-18;/h5H,1,6-16H2,2-4H3,(H,19,20);1H. The van der Waals surface area contributed by atoms with Gasteiger partial charge in [0.1, 0.15) is 0 Å². The van der Waals surface area contributed by atoms with Gasteiger partial charge in [-0.2, -0.15) is 0 Å². The maximum absolute atomic E-state index is 12.4. The van der Waals surface area contributed by atoms with Crippen LogP contribution < -0.4 is 5.32 Å². The minimum atomic E-state index is -3.19. The quantitative estimate of drug-likeness (QED) is 0.164. The van der Waals surface area contributed by atoms with Gasteiger partial charge >= 0.3 is 0 Å². The van der Waals surface area contributed by atoms with Gasteiger partial charge < -0.3 is 15.0 Å². The van der Waals surface area contributed by atoms with Gasteiger partial charge in [-0.3, -0.25) is 4.99 Å². The number of rotatable bonds is 10. The van der Waals surface area contributed by atoms with Gasteiger partial charge in [-0.05, 0) is 39.0 Å². The lowest BCUT2D eigenvalue weighted by Crippen LogP contribution is -2.47. The molecule has 1 aliphatic rings. The normalized spacial score (nSPS) is 17.3. The van der Waals surface area contributed by atoms with E-state index in [0.29, 0.717) is 32.6 Å². The number of unbranched alkanes of at least 4 members (excludes halogenated alkanes) is 3. The van der Waals surface area contributed by atoms with Crippen LogP contribution in [0.2, 0.25) is 0 Å². The van der Waals surface area contributed by atoms with Crippen LogP contribution >= 0.6 is 24.0 Å². The summed E-state index contributed by atoms with van der Waals surface area (Å²) in [6, 6.07) is 0. The zero-order valence-electron chi connectivity index (χ0n) is 16.5. The summed E-state index contributed by atoms with van der Waals surface area (Å²) in [5.74, 6) is 0.778. The Bertz CT molecular complexity index is 532. The molecular formula is C18H36IN3O3S. The van der Waals surface area contributed by atoms with Crippen LogP contribution in [0, 0.1) is 0 Å². The molecule has 1 saturated heterocycles. The molecule has 0 amide bonds. The van der Waals surface area contributed by atoms with Crippen molar-refractivity contribution >= 4 is 39.8 Å². The highest BCUT2D eigenvalue weighted by atomic mass is 127. The molecule has 1 N–H and O–H groups in total. The molecule has 0 aliphatic carbocycles. The second-order valence-electron chi connectivity index (χ2n) is 6.80. The Morgan fingerprint density at radius 3 is 2.50 bits per heavy atom. The van der Waals surface area contributed by atoms with Crippen molar-refractivity contribution in [3.63, 3.8) is 0 Å². The van der Waals surface area contributed by atoms with E-state index in [1.165, 1.54) is 6.26 Å². The molecule has 0 aromatic rings. The molecule has 1 aliphatic heterocycles. The molecule has 1 fully saturated rings. The zero-order chi connectivity index (χ0) is 18.8. The van der Waals surface area contributed by atoms with Crippen LogP contribution in [0.15, 0.2) is 17.6 Å². The summed E-state index contributed by atoms with van der Waals surface area (Å²) in [5.41, 5.74) is 0. The van der Waals surface area contributed by atoms with E-state index >= 15 is 0 Å². The predicted molar refractivity (Wildman–Crippen MR) is 120 cm³/mol. The summed E-state index contributed by atoms with van der Waals surface area (Å²) in [5, 5.41) is 3.28. The number of guanidine groups is 1. The van der Waals surface area contributed by atoms with Crippen LogP contribution in [0.1, 0.15) is 45.4 Å². The van der Waals surface area contributed by atoms with E-state index in [-0.39, 0.29) is 24.0 Å². The van der Waals surface area contributed by atoms with Crippen LogP contribution in [-0.4, -0.2) is 70.2 Å². The SMILES string of the molecule is C=CCCCCCN(C)C(=NCC1(S(C)(=O)=O)CCOCC1)NCC.I. The molecule has 0 bridgehead atoms. The van der Waals surface area contributed by atoms with Crippen molar-refractivity contribution in [2.24, 2.45) is 4.99 Å². The van der Waals surface area contributed by atoms with Gasteiger partial charge in [0.2, 0.25) is 0 Å². The Hall–Kier alpha value is -0.350. The summed E-state index contributed by atoms with van der Waals surface area (Å²) in [6.07, 6.45) is 8.75. The molecule has 0 aromatic heterocycles. The van der Waals surface area contributed by atoms with Crippen molar-refractivity contribution in [3.8, 4) is 0 Å². The summed E-state index contributed by atoms with van der Waals surface area (Å²) in [7, 11) is -1.19. The molecular weight excluding hydrogens is 465 g/mol. The molecule has 0 radical (unpaired) electrons. The van der Waals surface area contributed by atoms with Crippen molar-refractivity contribution < 1.29 is 13.2 Å². The molecule has 0 unspecified atom stereocenters. The lowest BCUT2D eigenvalue weighted by molar-refractivity contribution is 0.0767. The Kier molecular flexibility index (Phi) is 12.8. The Labute approximate surface area is 176 Å². The van der Waals surface area contributed by atoms with Crippen LogP contribution in [-0.2, 0) is 14.6 Å². The maximum Gasteiger partial charge on any atom is 0.193 e. The third-order valence-electron chi connectivity index (χ3n) is 4.81. The monoisotopic (exact) mass is 501 g/mol. The Balaban J connectivity index is 0.00000625. The number of halogens is 1. The van der Waals surface area contributed by atoms with Gasteiger partial charge in [0, 0.05) is 39.6 Å². The van der Waals surface area contributed by atoms with E-state index in [4.69, 9.17) is 4.74 Å². The average molecular weight is 501 g/mol. The highest BCUT2D eigenvalue weighted by molar-refractivity contribution is 14.0. The molecule has 0 atom stereocenters. The fraction of sp³-hybridized carbons (Fsp3) is 0.833. The summed E-state index contributed by atoms with van der Waals surface area (Å²) >= 11 is 0. The number of nitrogens with one attached hydrogen (secondary N) is 1. The highest BCUT2D eigenvalue weighted by Crippen LogP contribution is 2.29. The average Bonchev–Trinajstić information content (AvgIpc) is 2.58. The first-order valence-corrected chi connectivity index (χ1v) is 11.1. The third kappa shape index (κ3) is 8.12. The summed E-state index contributed by atoms with van der Waals surface area (Å²) in [6.45, 7) is 8.68. The van der Waals surface area contributed by atoms with Crippen LogP contribution in [0.3, 0.4) is 0 Å². The van der Waals surface area contributed by atoms with E-state index in [2.05, 4.69) is 21.8 Å². The number of hydrogen-bond donors (Lipinski definition) is 1. The van der Waals surface area contributed by atoms with Gasteiger partial charge in [-0.1, -0.05) is 12.5 Å². The Morgan fingerprint density at radius 2 is 1.96 bits per heavy atom. The zero-order valence-corrected chi connectivity index (χ0v) is 19.6. The largest absolute Gasteiger partial charge is 0.381 e. The van der Waals surface area contributed by atoms with Crippen LogP contribution in [0.25, 0.3) is 0 Å². The van der Waals surface area contributed by atoms with E-state index in [9.17, 15) is 8.42 Å². The molecule has 0 aromatic carbocycles. The van der Waals surface area contributed by atoms with Crippen molar-refractivity contribution in [2.45, 2.75) is 50.2 Å². The molecule has 26 heavy (non-hydrogen) atoms. The van der Waals surface area contributed by atoms with Gasteiger partial charge in [-0.15, -0.1) is 30.6 Å². The van der Waals surface area contributed by atoms with Crippen molar-refractivity contribution in [2.75, 3.05) is 46.2 Å². The fourth-order valence-corrected chi connectivity index (χ4v) is 4.21. The number of ether oxygens (including phenoxy) is 1.